The number of aliphatic hydroxyl groups excluding tert-OH is 1. The lowest BCUT2D eigenvalue weighted by atomic mass is 9.95. The van der Waals surface area contributed by atoms with Crippen molar-refractivity contribution in [2.75, 3.05) is 20.1 Å². The van der Waals surface area contributed by atoms with E-state index in [-0.39, 0.29) is 40.0 Å². The largest absolute Gasteiger partial charge is 0.481 e. The van der Waals surface area contributed by atoms with Crippen LogP contribution in [0.2, 0.25) is 10.0 Å². The van der Waals surface area contributed by atoms with Crippen LogP contribution < -0.4 is 5.32 Å². The van der Waals surface area contributed by atoms with Crippen molar-refractivity contribution in [2.45, 2.75) is 62.5 Å². The Morgan fingerprint density at radius 3 is 2.24 bits per heavy atom. The zero-order valence-corrected chi connectivity index (χ0v) is 25.9. The van der Waals surface area contributed by atoms with Gasteiger partial charge in [-0.15, -0.1) is 0 Å². The highest BCUT2D eigenvalue weighted by Gasteiger charge is 2.29. The number of carboxylic acids is 1. The molecule has 0 aliphatic rings. The van der Waals surface area contributed by atoms with Gasteiger partial charge in [0.25, 0.3) is 0 Å². The minimum Gasteiger partial charge on any atom is -0.481 e. The monoisotopic (exact) mass is 620 g/mol. The predicted molar refractivity (Wildman–Crippen MR) is 165 cm³/mol. The summed E-state index contributed by atoms with van der Waals surface area (Å²) >= 11 is 13.0. The summed E-state index contributed by atoms with van der Waals surface area (Å²) in [7, 11) is -2.74. The summed E-state index contributed by atoms with van der Waals surface area (Å²) in [4.78, 5) is 10.8. The van der Waals surface area contributed by atoms with Crippen molar-refractivity contribution in [3.63, 3.8) is 0 Å². The second kappa shape index (κ2) is 14.6. The molecule has 3 rings (SSSR count). The molecule has 0 bridgehead atoms. The van der Waals surface area contributed by atoms with Gasteiger partial charge in [0.2, 0.25) is 10.0 Å². The maximum Gasteiger partial charge on any atom is 0.303 e. The topological polar surface area (TPSA) is 107 Å². The number of halogens is 2. The summed E-state index contributed by atoms with van der Waals surface area (Å²) in [6, 6.07) is 20.5. The normalized spacial score (nSPS) is 13.0. The predicted octanol–water partition coefficient (Wildman–Crippen LogP) is 6.05. The first-order valence-corrected chi connectivity index (χ1v) is 15.7. The number of rotatable bonds is 15. The second-order valence-electron chi connectivity index (χ2n) is 10.9. The Morgan fingerprint density at radius 1 is 1.00 bits per heavy atom. The quantitative estimate of drug-likeness (QED) is 0.191. The van der Waals surface area contributed by atoms with Gasteiger partial charge >= 0.3 is 5.97 Å². The van der Waals surface area contributed by atoms with E-state index in [4.69, 9.17) is 28.3 Å². The van der Waals surface area contributed by atoms with Crippen LogP contribution in [0.5, 0.6) is 0 Å². The summed E-state index contributed by atoms with van der Waals surface area (Å²) in [6.45, 7) is 4.19. The highest BCUT2D eigenvalue weighted by molar-refractivity contribution is 7.89. The van der Waals surface area contributed by atoms with Crippen LogP contribution in [0, 0.1) is 0 Å². The Labute approximate surface area is 253 Å². The Bertz CT molecular complexity index is 1410. The number of sulfonamides is 1. The lowest BCUT2D eigenvalue weighted by molar-refractivity contribution is -0.136. The molecule has 41 heavy (non-hydrogen) atoms. The fourth-order valence-electron chi connectivity index (χ4n) is 4.70. The van der Waals surface area contributed by atoms with Crippen molar-refractivity contribution in [3.8, 4) is 11.1 Å². The van der Waals surface area contributed by atoms with Gasteiger partial charge in [0.05, 0.1) is 16.1 Å². The fourth-order valence-corrected chi connectivity index (χ4v) is 7.06. The third-order valence-corrected chi connectivity index (χ3v) is 9.74. The molecule has 0 aliphatic carbocycles. The van der Waals surface area contributed by atoms with Crippen LogP contribution in [0.3, 0.4) is 0 Å². The number of nitrogens with zero attached hydrogens (tertiary/aromatic N) is 1. The molecule has 0 spiro atoms. The van der Waals surface area contributed by atoms with E-state index in [1.807, 2.05) is 36.4 Å². The summed E-state index contributed by atoms with van der Waals surface area (Å²) in [5.41, 5.74) is 3.14. The number of β-amino-alcohol motifs (C(OH)–C–C–N with tert-alkyl or cyclic N) is 1. The fraction of sp³-hybridized carbons (Fsp3) is 0.387. The molecular formula is C31H38Cl2N2O5S. The van der Waals surface area contributed by atoms with Gasteiger partial charge in [0, 0.05) is 32.1 Å². The number of hydrogen-bond acceptors (Lipinski definition) is 5. The van der Waals surface area contributed by atoms with Crippen LogP contribution >= 0.6 is 23.2 Å². The summed E-state index contributed by atoms with van der Waals surface area (Å²) in [6.07, 6.45) is 2.13. The molecule has 0 amide bonds. The molecule has 0 saturated carbocycles. The first kappa shape index (κ1) is 33.0. The number of aliphatic carboxylic acids is 1. The highest BCUT2D eigenvalue weighted by Crippen LogP contribution is 2.37. The molecule has 3 N–H and O–H groups in total. The van der Waals surface area contributed by atoms with Gasteiger partial charge in [-0.25, -0.2) is 8.42 Å². The number of likely N-dealkylation sites (N-methyl/N-ethyl adjacent to an activating group) is 1. The third-order valence-electron chi connectivity index (χ3n) is 7.00. The van der Waals surface area contributed by atoms with Crippen molar-refractivity contribution in [1.82, 2.24) is 9.62 Å². The van der Waals surface area contributed by atoms with Crippen molar-refractivity contribution in [3.05, 3.63) is 87.9 Å². The van der Waals surface area contributed by atoms with E-state index < -0.39 is 22.1 Å². The van der Waals surface area contributed by atoms with Crippen LogP contribution in [-0.2, 0) is 27.7 Å². The number of hydrogen-bond donors (Lipinski definition) is 3. The summed E-state index contributed by atoms with van der Waals surface area (Å²) < 4.78 is 27.9. The van der Waals surface area contributed by atoms with Crippen molar-refractivity contribution in [1.29, 1.82) is 0 Å². The molecule has 3 aromatic rings. The number of aryl methyl sites for hydroxylation is 2. The molecule has 222 valence electrons. The molecular weight excluding hydrogens is 583 g/mol. The maximum atomic E-state index is 13.4. The Hall–Kier alpha value is -2.46. The van der Waals surface area contributed by atoms with Gasteiger partial charge < -0.3 is 15.5 Å². The summed E-state index contributed by atoms with van der Waals surface area (Å²) in [5.74, 6) is -0.913. The van der Waals surface area contributed by atoms with Crippen molar-refractivity contribution >= 4 is 39.2 Å². The number of carbonyl (C=O) groups is 1. The SMILES string of the molecule is CN(C[C@H](O)CNC(C)(C)CCCc1ccccc1)S(=O)(=O)c1c(Cl)cc(-c2ccccc2CCC(=O)O)cc1Cl. The molecule has 1 atom stereocenters. The minimum absolute atomic E-state index is 0.0439. The van der Waals surface area contributed by atoms with E-state index in [2.05, 4.69) is 31.3 Å². The molecule has 10 heteroatoms. The molecule has 3 aromatic carbocycles. The first-order chi connectivity index (χ1) is 19.3. The standard InChI is InChI=1S/C31H38Cl2N2O5S/c1-31(2,17-9-12-22-10-5-4-6-11-22)34-20-25(36)21-35(3)41(39,40)30-27(32)18-24(19-28(30)33)26-14-8-7-13-23(26)15-16-29(37)38/h4-8,10-11,13-14,18-19,25,34,36H,9,12,15-17,20-21H2,1-3H3,(H,37,38)/t25-/m1/s1. The molecule has 7 nitrogen and oxygen atoms in total. The highest BCUT2D eigenvalue weighted by atomic mass is 35.5. The van der Waals surface area contributed by atoms with Crippen LogP contribution in [0.4, 0.5) is 0 Å². The lowest BCUT2D eigenvalue weighted by Gasteiger charge is -2.29. The van der Waals surface area contributed by atoms with Gasteiger partial charge in [0.1, 0.15) is 4.90 Å². The van der Waals surface area contributed by atoms with E-state index in [1.165, 1.54) is 24.7 Å². The van der Waals surface area contributed by atoms with Crippen LogP contribution in [-0.4, -0.2) is 60.7 Å². The van der Waals surface area contributed by atoms with E-state index in [1.54, 1.807) is 6.07 Å². The Balaban J connectivity index is 1.65. The van der Waals surface area contributed by atoms with E-state index >= 15 is 0 Å². The average molecular weight is 622 g/mol. The number of nitrogens with one attached hydrogen (secondary N) is 1. The molecule has 0 radical (unpaired) electrons. The van der Waals surface area contributed by atoms with Gasteiger partial charge in [-0.1, -0.05) is 77.8 Å². The molecule has 0 fully saturated rings. The van der Waals surface area contributed by atoms with Gasteiger partial charge in [-0.05, 0) is 73.9 Å². The summed E-state index contributed by atoms with van der Waals surface area (Å²) in [5, 5.41) is 23.0. The van der Waals surface area contributed by atoms with E-state index in [9.17, 15) is 18.3 Å². The van der Waals surface area contributed by atoms with Crippen molar-refractivity contribution in [2.24, 2.45) is 0 Å². The minimum atomic E-state index is -4.12. The Morgan fingerprint density at radius 2 is 1.61 bits per heavy atom. The van der Waals surface area contributed by atoms with Crippen molar-refractivity contribution < 1.29 is 23.4 Å². The smallest absolute Gasteiger partial charge is 0.303 e. The van der Waals surface area contributed by atoms with Crippen LogP contribution in [0.25, 0.3) is 11.1 Å². The molecule has 0 aromatic heterocycles. The zero-order valence-electron chi connectivity index (χ0n) is 23.6. The van der Waals surface area contributed by atoms with E-state index in [0.717, 1.165) is 34.7 Å². The molecule has 0 unspecified atom stereocenters. The van der Waals surface area contributed by atoms with Crippen LogP contribution in [0.1, 0.15) is 44.2 Å². The molecule has 0 aliphatic heterocycles. The molecule has 0 saturated heterocycles. The van der Waals surface area contributed by atoms with Gasteiger partial charge in [-0.3, -0.25) is 4.79 Å². The number of aliphatic hydroxyl groups is 1. The number of carboxylic acid groups (broad SMARTS) is 1. The van der Waals surface area contributed by atoms with E-state index in [0.29, 0.717) is 12.0 Å². The van der Waals surface area contributed by atoms with Gasteiger partial charge in [-0.2, -0.15) is 4.31 Å². The second-order valence-corrected chi connectivity index (χ2v) is 13.7. The van der Waals surface area contributed by atoms with Gasteiger partial charge in [0.15, 0.2) is 0 Å². The third kappa shape index (κ3) is 9.53. The van der Waals surface area contributed by atoms with Crippen LogP contribution in [0.15, 0.2) is 71.6 Å². The lowest BCUT2D eigenvalue weighted by Crippen LogP contribution is -2.46. The maximum absolute atomic E-state index is 13.4. The first-order valence-electron chi connectivity index (χ1n) is 13.5. The zero-order chi connectivity index (χ0) is 30.2. The molecule has 0 heterocycles. The number of benzene rings is 3. The average Bonchev–Trinajstić information content (AvgIpc) is 2.91. The Kier molecular flexibility index (Phi) is 11.8.